The number of hydrogen-bond acceptors (Lipinski definition) is 5. The van der Waals surface area contributed by atoms with Gasteiger partial charge in [-0.2, -0.15) is 0 Å². The predicted molar refractivity (Wildman–Crippen MR) is 121 cm³/mol. The van der Waals surface area contributed by atoms with Gasteiger partial charge in [0.2, 0.25) is 11.8 Å². The van der Waals surface area contributed by atoms with Crippen LogP contribution in [0.4, 0.5) is 10.5 Å². The standard InChI is InChI=1S/C24H27N5O4/c30-22-8-7-21(27-22)23(31)28-11-9-20(15-28)33-19-5-3-18(4-6-19)26-24(32)29-13-17(14-29)16-2-1-10-25-12-16/h1-6,10,12,17,20-21H,7-9,11,13-15H2,(H,26,32)(H,27,30)/t20?,21-/m1/s1. The number of hydrogen-bond donors (Lipinski definition) is 2. The van der Waals surface area contributed by atoms with Gasteiger partial charge in [0.25, 0.3) is 0 Å². The van der Waals surface area contributed by atoms with Crippen LogP contribution in [0.1, 0.15) is 30.7 Å². The fourth-order valence-corrected chi connectivity index (χ4v) is 4.53. The topological polar surface area (TPSA) is 104 Å². The first-order chi connectivity index (χ1) is 16.0. The molecule has 33 heavy (non-hydrogen) atoms. The summed E-state index contributed by atoms with van der Waals surface area (Å²) in [5, 5.41) is 5.65. The smallest absolute Gasteiger partial charge is 0.321 e. The molecule has 3 saturated heterocycles. The van der Waals surface area contributed by atoms with Crippen LogP contribution in [0.25, 0.3) is 0 Å². The van der Waals surface area contributed by atoms with Gasteiger partial charge in [-0.15, -0.1) is 0 Å². The Morgan fingerprint density at radius 2 is 1.88 bits per heavy atom. The molecule has 1 aromatic carbocycles. The number of nitrogens with zero attached hydrogens (tertiary/aromatic N) is 3. The van der Waals surface area contributed by atoms with Crippen LogP contribution in [0, 0.1) is 0 Å². The maximum absolute atomic E-state index is 12.5. The van der Waals surface area contributed by atoms with E-state index in [1.54, 1.807) is 16.0 Å². The number of carbonyl (C=O) groups is 3. The summed E-state index contributed by atoms with van der Waals surface area (Å²) >= 11 is 0. The molecule has 3 aliphatic heterocycles. The van der Waals surface area contributed by atoms with Crippen molar-refractivity contribution in [3.63, 3.8) is 0 Å². The van der Waals surface area contributed by atoms with Crippen LogP contribution in [0.5, 0.6) is 5.75 Å². The molecule has 2 N–H and O–H groups in total. The predicted octanol–water partition coefficient (Wildman–Crippen LogP) is 1.97. The third-order valence-electron chi connectivity index (χ3n) is 6.48. The number of nitrogens with one attached hydrogen (secondary N) is 2. The highest BCUT2D eigenvalue weighted by atomic mass is 16.5. The SMILES string of the molecule is O=C1CC[C@H](C(=O)N2CCC(Oc3ccc(NC(=O)N4CC(c5cccnc5)C4)cc3)C2)N1. The second-order valence-corrected chi connectivity index (χ2v) is 8.81. The summed E-state index contributed by atoms with van der Waals surface area (Å²) in [5.41, 5.74) is 1.86. The fraction of sp³-hybridized carbons (Fsp3) is 0.417. The van der Waals surface area contributed by atoms with Crippen molar-refractivity contribution in [2.24, 2.45) is 0 Å². The van der Waals surface area contributed by atoms with Crippen LogP contribution >= 0.6 is 0 Å². The minimum atomic E-state index is -0.398. The van der Waals surface area contributed by atoms with Crippen LogP contribution in [-0.2, 0) is 9.59 Å². The summed E-state index contributed by atoms with van der Waals surface area (Å²) in [6.45, 7) is 2.50. The monoisotopic (exact) mass is 449 g/mol. The summed E-state index contributed by atoms with van der Waals surface area (Å²) in [7, 11) is 0. The molecule has 172 valence electrons. The summed E-state index contributed by atoms with van der Waals surface area (Å²) < 4.78 is 6.03. The van der Waals surface area contributed by atoms with Crippen molar-refractivity contribution in [1.29, 1.82) is 0 Å². The minimum absolute atomic E-state index is 0.0261. The van der Waals surface area contributed by atoms with Crippen LogP contribution in [0.15, 0.2) is 48.8 Å². The van der Waals surface area contributed by atoms with E-state index in [0.717, 1.165) is 12.0 Å². The zero-order valence-corrected chi connectivity index (χ0v) is 18.3. The summed E-state index contributed by atoms with van der Waals surface area (Å²) in [4.78, 5) is 44.0. The zero-order valence-electron chi connectivity index (χ0n) is 18.3. The Balaban J connectivity index is 1.07. The molecule has 0 saturated carbocycles. The molecule has 9 nitrogen and oxygen atoms in total. The van der Waals surface area contributed by atoms with Crippen molar-refractivity contribution < 1.29 is 19.1 Å². The highest BCUT2D eigenvalue weighted by Gasteiger charge is 2.35. The fourth-order valence-electron chi connectivity index (χ4n) is 4.53. The summed E-state index contributed by atoms with van der Waals surface area (Å²) in [6.07, 6.45) is 5.24. The number of aromatic nitrogens is 1. The Bertz CT molecular complexity index is 1020. The minimum Gasteiger partial charge on any atom is -0.489 e. The molecule has 0 radical (unpaired) electrons. The Hall–Kier alpha value is -3.62. The number of rotatable bonds is 5. The van der Waals surface area contributed by atoms with Crippen LogP contribution in [0.2, 0.25) is 0 Å². The second kappa shape index (κ2) is 9.09. The highest BCUT2D eigenvalue weighted by molar-refractivity contribution is 5.91. The van der Waals surface area contributed by atoms with Crippen LogP contribution in [-0.4, -0.2) is 71.0 Å². The van der Waals surface area contributed by atoms with Gasteiger partial charge in [0.1, 0.15) is 17.9 Å². The van der Waals surface area contributed by atoms with Crippen molar-refractivity contribution in [1.82, 2.24) is 20.1 Å². The van der Waals surface area contributed by atoms with E-state index in [1.165, 1.54) is 0 Å². The maximum Gasteiger partial charge on any atom is 0.321 e. The van der Waals surface area contributed by atoms with Crippen molar-refractivity contribution in [2.75, 3.05) is 31.5 Å². The number of pyridine rings is 1. The lowest BCUT2D eigenvalue weighted by Crippen LogP contribution is -2.50. The van der Waals surface area contributed by atoms with Crippen molar-refractivity contribution in [3.05, 3.63) is 54.4 Å². The largest absolute Gasteiger partial charge is 0.489 e. The molecule has 1 aromatic heterocycles. The Morgan fingerprint density at radius 3 is 2.58 bits per heavy atom. The molecule has 9 heteroatoms. The first-order valence-electron chi connectivity index (χ1n) is 11.4. The van der Waals surface area contributed by atoms with Gasteiger partial charge < -0.3 is 25.2 Å². The highest BCUT2D eigenvalue weighted by Crippen LogP contribution is 2.27. The van der Waals surface area contributed by atoms with Gasteiger partial charge in [-0.25, -0.2) is 4.79 Å². The molecule has 0 spiro atoms. The number of amides is 4. The number of carbonyl (C=O) groups excluding carboxylic acids is 3. The van der Waals surface area contributed by atoms with E-state index in [4.69, 9.17) is 4.74 Å². The molecular weight excluding hydrogens is 422 g/mol. The van der Waals surface area contributed by atoms with Crippen molar-refractivity contribution >= 4 is 23.5 Å². The van der Waals surface area contributed by atoms with Gasteiger partial charge in [-0.3, -0.25) is 14.6 Å². The molecular formula is C24H27N5O4. The van der Waals surface area contributed by atoms with Crippen LogP contribution < -0.4 is 15.4 Å². The Kier molecular flexibility index (Phi) is 5.85. The molecule has 4 amide bonds. The van der Waals surface area contributed by atoms with Crippen molar-refractivity contribution in [2.45, 2.75) is 37.3 Å². The molecule has 2 aromatic rings. The first kappa shape index (κ1) is 21.2. The van der Waals surface area contributed by atoms with Gasteiger partial charge in [0, 0.05) is 56.5 Å². The molecule has 4 heterocycles. The van der Waals surface area contributed by atoms with E-state index < -0.39 is 6.04 Å². The van der Waals surface area contributed by atoms with Crippen LogP contribution in [0.3, 0.4) is 0 Å². The normalized spacial score (nSPS) is 22.6. The molecule has 0 aliphatic carbocycles. The van der Waals surface area contributed by atoms with Gasteiger partial charge in [0.05, 0.1) is 6.54 Å². The van der Waals surface area contributed by atoms with E-state index in [0.29, 0.717) is 56.4 Å². The lowest BCUT2D eigenvalue weighted by Gasteiger charge is -2.39. The lowest BCUT2D eigenvalue weighted by atomic mass is 9.93. The van der Waals surface area contributed by atoms with Gasteiger partial charge in [-0.1, -0.05) is 6.07 Å². The number of benzene rings is 1. The molecule has 0 bridgehead atoms. The first-order valence-corrected chi connectivity index (χ1v) is 11.4. The van der Waals surface area contributed by atoms with E-state index >= 15 is 0 Å². The van der Waals surface area contributed by atoms with E-state index in [9.17, 15) is 14.4 Å². The Morgan fingerprint density at radius 1 is 1.06 bits per heavy atom. The van der Waals surface area contributed by atoms with Crippen molar-refractivity contribution in [3.8, 4) is 5.75 Å². The molecule has 1 unspecified atom stereocenters. The zero-order chi connectivity index (χ0) is 22.8. The summed E-state index contributed by atoms with van der Waals surface area (Å²) in [6, 6.07) is 10.7. The third-order valence-corrected chi connectivity index (χ3v) is 6.48. The average Bonchev–Trinajstić information content (AvgIpc) is 3.43. The molecule has 3 fully saturated rings. The Labute approximate surface area is 192 Å². The quantitative estimate of drug-likeness (QED) is 0.726. The van der Waals surface area contributed by atoms with Gasteiger partial charge in [-0.05, 0) is 42.3 Å². The molecule has 2 atom stereocenters. The van der Waals surface area contributed by atoms with E-state index in [2.05, 4.69) is 15.6 Å². The summed E-state index contributed by atoms with van der Waals surface area (Å²) in [5.74, 6) is 0.946. The van der Waals surface area contributed by atoms with Gasteiger partial charge in [0.15, 0.2) is 0 Å². The average molecular weight is 450 g/mol. The number of urea groups is 1. The maximum atomic E-state index is 12.5. The lowest BCUT2D eigenvalue weighted by molar-refractivity contribution is -0.133. The molecule has 5 rings (SSSR count). The van der Waals surface area contributed by atoms with E-state index in [1.807, 2.05) is 42.6 Å². The van der Waals surface area contributed by atoms with Gasteiger partial charge >= 0.3 is 6.03 Å². The number of anilines is 1. The molecule has 3 aliphatic rings. The van der Waals surface area contributed by atoms with E-state index in [-0.39, 0.29) is 23.9 Å². The number of ether oxygens (including phenoxy) is 1. The second-order valence-electron chi connectivity index (χ2n) is 8.81. The number of likely N-dealkylation sites (tertiary alicyclic amines) is 2. The third kappa shape index (κ3) is 4.76.